The molecule has 1 amide bonds. The molecule has 0 spiro atoms. The number of aliphatic hydroxyl groups excluding tert-OH is 1. The second kappa shape index (κ2) is 10.7. The molecule has 1 aromatic heterocycles. The third-order valence-corrected chi connectivity index (χ3v) is 5.71. The van der Waals surface area contributed by atoms with Crippen LogP contribution in [0.1, 0.15) is 34.8 Å². The first kappa shape index (κ1) is 23.1. The second-order valence-electron chi connectivity index (χ2n) is 8.17. The topological polar surface area (TPSA) is 98.1 Å². The number of aromatic amines is 1. The normalized spacial score (nSPS) is 11.7. The van der Waals surface area contributed by atoms with Gasteiger partial charge in [0.2, 0.25) is 0 Å². The highest BCUT2D eigenvalue weighted by atomic mass is 16.5. The Kier molecular flexibility index (Phi) is 7.26. The van der Waals surface area contributed by atoms with Crippen LogP contribution in [0.5, 0.6) is 5.75 Å². The molecule has 0 bridgehead atoms. The number of carbonyl (C=O) groups excluding carboxylic acids is 1. The van der Waals surface area contributed by atoms with E-state index in [1.165, 1.54) is 0 Å². The van der Waals surface area contributed by atoms with Gasteiger partial charge in [0.05, 0.1) is 36.5 Å². The van der Waals surface area contributed by atoms with E-state index in [-0.39, 0.29) is 12.5 Å². The minimum Gasteiger partial charge on any atom is -0.493 e. The second-order valence-corrected chi connectivity index (χ2v) is 8.17. The van der Waals surface area contributed by atoms with Gasteiger partial charge in [-0.3, -0.25) is 4.79 Å². The van der Waals surface area contributed by atoms with Gasteiger partial charge in [0.15, 0.2) is 0 Å². The van der Waals surface area contributed by atoms with Crippen LogP contribution >= 0.6 is 0 Å². The van der Waals surface area contributed by atoms with Crippen molar-refractivity contribution in [3.8, 4) is 22.9 Å². The first-order valence-electron chi connectivity index (χ1n) is 11.4. The molecule has 0 aliphatic heterocycles. The summed E-state index contributed by atoms with van der Waals surface area (Å²) in [6, 6.07) is 22.3. The molecule has 6 heteroatoms. The molecule has 1 heterocycles. The van der Waals surface area contributed by atoms with Gasteiger partial charge in [-0.1, -0.05) is 43.3 Å². The van der Waals surface area contributed by atoms with Crippen LogP contribution in [-0.2, 0) is 6.42 Å². The highest BCUT2D eigenvalue weighted by molar-refractivity contribution is 5.98. The zero-order valence-electron chi connectivity index (χ0n) is 19.0. The van der Waals surface area contributed by atoms with Gasteiger partial charge in [-0.05, 0) is 59.9 Å². The molecular formula is C28H27N3O3. The summed E-state index contributed by atoms with van der Waals surface area (Å²) >= 11 is 0. The van der Waals surface area contributed by atoms with Gasteiger partial charge < -0.3 is 20.1 Å². The standard InChI is InChI=1S/C28H27N3O3/c1-2-12-34-27-11-10-21(20-7-5-6-19(13-20)16-29)15-25(27)28(33)31-23(18-32)14-22-17-30-26-9-4-3-8-24(22)26/h3-11,13,15,17,23,30,32H,2,12,14,18H2,1H3,(H,31,33)/t23-/m1/s1. The van der Waals surface area contributed by atoms with Gasteiger partial charge in [-0.25, -0.2) is 0 Å². The molecule has 172 valence electrons. The minimum atomic E-state index is -0.462. The predicted molar refractivity (Wildman–Crippen MR) is 133 cm³/mol. The molecule has 34 heavy (non-hydrogen) atoms. The Labute approximate surface area is 198 Å². The highest BCUT2D eigenvalue weighted by Gasteiger charge is 2.19. The largest absolute Gasteiger partial charge is 0.493 e. The number of benzene rings is 3. The molecule has 3 aromatic carbocycles. The smallest absolute Gasteiger partial charge is 0.255 e. The van der Waals surface area contributed by atoms with Gasteiger partial charge in [-0.2, -0.15) is 5.26 Å². The number of nitrogens with one attached hydrogen (secondary N) is 2. The van der Waals surface area contributed by atoms with Gasteiger partial charge in [-0.15, -0.1) is 0 Å². The molecule has 0 aliphatic carbocycles. The zero-order chi connectivity index (χ0) is 23.9. The van der Waals surface area contributed by atoms with Crippen LogP contribution in [0.15, 0.2) is 72.9 Å². The van der Waals surface area contributed by atoms with Crippen LogP contribution in [0.2, 0.25) is 0 Å². The average Bonchev–Trinajstić information content (AvgIpc) is 3.29. The van der Waals surface area contributed by atoms with Crippen LogP contribution in [-0.4, -0.2) is 35.3 Å². The number of aromatic nitrogens is 1. The molecule has 3 N–H and O–H groups in total. The third kappa shape index (κ3) is 5.11. The maximum Gasteiger partial charge on any atom is 0.255 e. The number of carbonyl (C=O) groups is 1. The van der Waals surface area contributed by atoms with Crippen molar-refractivity contribution in [3.05, 3.63) is 89.6 Å². The summed E-state index contributed by atoms with van der Waals surface area (Å²) in [5, 5.41) is 23.3. The summed E-state index contributed by atoms with van der Waals surface area (Å²) in [5.41, 5.74) is 4.64. The number of ether oxygens (including phenoxy) is 1. The van der Waals surface area contributed by atoms with Gasteiger partial charge in [0.1, 0.15) is 5.75 Å². The SMILES string of the molecule is CCCOc1ccc(-c2cccc(C#N)c2)cc1C(=O)N[C@@H](CO)Cc1c[nH]c2ccccc12. The number of nitrogens with zero attached hydrogens (tertiary/aromatic N) is 1. The first-order chi connectivity index (χ1) is 16.6. The number of para-hydroxylation sites is 1. The lowest BCUT2D eigenvalue weighted by molar-refractivity contribution is 0.0912. The summed E-state index contributed by atoms with van der Waals surface area (Å²) in [4.78, 5) is 16.6. The molecule has 6 nitrogen and oxygen atoms in total. The van der Waals surface area contributed by atoms with Crippen molar-refractivity contribution in [1.29, 1.82) is 5.26 Å². The van der Waals surface area contributed by atoms with Crippen LogP contribution in [0.25, 0.3) is 22.0 Å². The van der Waals surface area contributed by atoms with E-state index in [9.17, 15) is 15.2 Å². The maximum absolute atomic E-state index is 13.3. The van der Waals surface area contributed by atoms with E-state index < -0.39 is 6.04 Å². The van der Waals surface area contributed by atoms with Crippen molar-refractivity contribution in [1.82, 2.24) is 10.3 Å². The maximum atomic E-state index is 13.3. The number of aliphatic hydroxyl groups is 1. The van der Waals surface area contributed by atoms with Crippen LogP contribution < -0.4 is 10.1 Å². The van der Waals surface area contributed by atoms with Crippen LogP contribution in [0.4, 0.5) is 0 Å². The number of hydrogen-bond donors (Lipinski definition) is 3. The van der Waals surface area contributed by atoms with Gasteiger partial charge in [0.25, 0.3) is 5.91 Å². The summed E-state index contributed by atoms with van der Waals surface area (Å²) in [6.07, 6.45) is 3.21. The lowest BCUT2D eigenvalue weighted by Crippen LogP contribution is -2.39. The van der Waals surface area contributed by atoms with Crippen molar-refractivity contribution in [2.45, 2.75) is 25.8 Å². The van der Waals surface area contributed by atoms with Gasteiger partial charge in [0, 0.05) is 17.1 Å². The van der Waals surface area contributed by atoms with E-state index >= 15 is 0 Å². The molecule has 4 aromatic rings. The zero-order valence-corrected chi connectivity index (χ0v) is 19.0. The van der Waals surface area contributed by atoms with E-state index in [1.54, 1.807) is 24.3 Å². The van der Waals surface area contributed by atoms with Crippen molar-refractivity contribution < 1.29 is 14.6 Å². The summed E-state index contributed by atoms with van der Waals surface area (Å²) in [6.45, 7) is 2.30. The molecule has 0 saturated carbocycles. The number of fused-ring (bicyclic) bond motifs is 1. The molecule has 1 atom stereocenters. The van der Waals surface area contributed by atoms with Crippen molar-refractivity contribution >= 4 is 16.8 Å². The summed E-state index contributed by atoms with van der Waals surface area (Å²) < 4.78 is 5.84. The predicted octanol–water partition coefficient (Wildman–Crippen LogP) is 4.83. The van der Waals surface area contributed by atoms with E-state index in [2.05, 4.69) is 16.4 Å². The fraction of sp³-hybridized carbons (Fsp3) is 0.214. The van der Waals surface area contributed by atoms with Gasteiger partial charge >= 0.3 is 0 Å². The molecule has 4 rings (SSSR count). The monoisotopic (exact) mass is 453 g/mol. The summed E-state index contributed by atoms with van der Waals surface area (Å²) in [7, 11) is 0. The van der Waals surface area contributed by atoms with Crippen molar-refractivity contribution in [3.63, 3.8) is 0 Å². The van der Waals surface area contributed by atoms with Crippen LogP contribution in [0.3, 0.4) is 0 Å². The fourth-order valence-electron chi connectivity index (χ4n) is 3.98. The lowest BCUT2D eigenvalue weighted by atomic mass is 10.00. The Morgan fingerprint density at radius 3 is 2.74 bits per heavy atom. The summed E-state index contributed by atoms with van der Waals surface area (Å²) in [5.74, 6) is 0.173. The Morgan fingerprint density at radius 1 is 1.12 bits per heavy atom. The Morgan fingerprint density at radius 2 is 1.94 bits per heavy atom. The van der Waals surface area contributed by atoms with E-state index in [0.717, 1.165) is 34.0 Å². The molecule has 0 unspecified atom stereocenters. The van der Waals surface area contributed by atoms with Crippen molar-refractivity contribution in [2.75, 3.05) is 13.2 Å². The number of amides is 1. The molecule has 0 aliphatic rings. The average molecular weight is 454 g/mol. The number of H-pyrrole nitrogens is 1. The molecule has 0 fully saturated rings. The number of rotatable bonds is 9. The number of nitriles is 1. The third-order valence-electron chi connectivity index (χ3n) is 5.71. The minimum absolute atomic E-state index is 0.194. The van der Waals surface area contributed by atoms with E-state index in [1.807, 2.05) is 55.6 Å². The van der Waals surface area contributed by atoms with E-state index in [4.69, 9.17) is 4.74 Å². The Balaban J connectivity index is 1.60. The quantitative estimate of drug-likeness (QED) is 0.338. The fourth-order valence-corrected chi connectivity index (χ4v) is 3.98. The highest BCUT2D eigenvalue weighted by Crippen LogP contribution is 2.28. The van der Waals surface area contributed by atoms with Crippen molar-refractivity contribution in [2.24, 2.45) is 0 Å². The molecular weight excluding hydrogens is 426 g/mol. The first-order valence-corrected chi connectivity index (χ1v) is 11.4. The Bertz CT molecular complexity index is 1340. The molecule has 0 radical (unpaired) electrons. The van der Waals surface area contributed by atoms with E-state index in [0.29, 0.717) is 29.9 Å². The lowest BCUT2D eigenvalue weighted by Gasteiger charge is -2.18. The number of hydrogen-bond acceptors (Lipinski definition) is 4. The van der Waals surface area contributed by atoms with Crippen LogP contribution in [0, 0.1) is 11.3 Å². The Hall–Kier alpha value is -4.08. The molecule has 0 saturated heterocycles.